The van der Waals surface area contributed by atoms with Crippen LogP contribution in [0.25, 0.3) is 0 Å². The summed E-state index contributed by atoms with van der Waals surface area (Å²) in [6, 6.07) is 9.65. The summed E-state index contributed by atoms with van der Waals surface area (Å²) >= 11 is 11.9. The first-order chi connectivity index (χ1) is 12.8. The molecule has 0 spiro atoms. The number of nitro benzene ring substituents is 1. The number of nitrogens with zero attached hydrogens (tertiary/aromatic N) is 3. The normalized spacial score (nSPS) is 17.1. The summed E-state index contributed by atoms with van der Waals surface area (Å²) in [7, 11) is 0. The topological polar surface area (TPSA) is 83.8 Å². The Kier molecular flexibility index (Phi) is 5.34. The lowest BCUT2D eigenvalue weighted by atomic mass is 10.1. The van der Waals surface area contributed by atoms with Crippen molar-refractivity contribution in [3.05, 3.63) is 68.2 Å². The van der Waals surface area contributed by atoms with Crippen LogP contribution in [0, 0.1) is 10.1 Å². The number of amides is 2. The molecule has 1 unspecified atom stereocenters. The molecular weight excluding hydrogens is 393 g/mol. The third-order valence-corrected chi connectivity index (χ3v) is 5.19. The maximum atomic E-state index is 12.8. The lowest BCUT2D eigenvalue weighted by molar-refractivity contribution is -0.384. The molecule has 1 heterocycles. The highest BCUT2D eigenvalue weighted by atomic mass is 35.5. The molecule has 0 N–H and O–H groups in total. The Bertz CT molecular complexity index is 917. The van der Waals surface area contributed by atoms with Crippen LogP contribution in [0.5, 0.6) is 0 Å². The number of nitro groups is 1. The van der Waals surface area contributed by atoms with Gasteiger partial charge in [0.05, 0.1) is 15.0 Å². The zero-order valence-corrected chi connectivity index (χ0v) is 15.8. The molecule has 0 aliphatic carbocycles. The van der Waals surface area contributed by atoms with Crippen LogP contribution in [0.2, 0.25) is 10.0 Å². The average Bonchev–Trinajstić information content (AvgIpc) is 2.65. The minimum absolute atomic E-state index is 0.0484. The van der Waals surface area contributed by atoms with Gasteiger partial charge in [-0.15, -0.1) is 0 Å². The first kappa shape index (κ1) is 19.1. The maximum Gasteiger partial charge on any atom is 0.269 e. The third kappa shape index (κ3) is 3.74. The Labute approximate surface area is 165 Å². The average molecular weight is 408 g/mol. The molecule has 1 aliphatic rings. The van der Waals surface area contributed by atoms with Crippen LogP contribution < -0.4 is 4.90 Å². The Morgan fingerprint density at radius 1 is 1.11 bits per heavy atom. The monoisotopic (exact) mass is 407 g/mol. The van der Waals surface area contributed by atoms with Gasteiger partial charge in [0, 0.05) is 36.5 Å². The van der Waals surface area contributed by atoms with E-state index >= 15 is 0 Å². The van der Waals surface area contributed by atoms with Crippen molar-refractivity contribution < 1.29 is 14.5 Å². The molecule has 0 radical (unpaired) electrons. The SMILES string of the molecule is CC1C(=O)N(c2ccc([N+](=O)[O-])cc2)CCN1C(=O)c1ccc(Cl)c(Cl)c1. The zero-order valence-electron chi connectivity index (χ0n) is 14.3. The van der Waals surface area contributed by atoms with Crippen molar-refractivity contribution in [2.45, 2.75) is 13.0 Å². The molecule has 1 fully saturated rings. The van der Waals surface area contributed by atoms with Crippen LogP contribution in [-0.4, -0.2) is 40.8 Å². The minimum Gasteiger partial charge on any atom is -0.325 e. The first-order valence-electron chi connectivity index (χ1n) is 8.11. The van der Waals surface area contributed by atoms with Gasteiger partial charge in [0.1, 0.15) is 6.04 Å². The fraction of sp³-hybridized carbons (Fsp3) is 0.222. The number of hydrogen-bond acceptors (Lipinski definition) is 4. The number of carbonyl (C=O) groups excluding carboxylic acids is 2. The van der Waals surface area contributed by atoms with E-state index < -0.39 is 11.0 Å². The van der Waals surface area contributed by atoms with Crippen molar-refractivity contribution in [1.82, 2.24) is 4.90 Å². The standard InChI is InChI=1S/C18H15Cl2N3O4/c1-11-17(24)22(13-3-5-14(6-4-13)23(26)27)9-8-21(11)18(25)12-2-7-15(19)16(20)10-12/h2-7,10-11H,8-9H2,1H3. The summed E-state index contributed by atoms with van der Waals surface area (Å²) in [4.78, 5) is 38.8. The largest absolute Gasteiger partial charge is 0.325 e. The van der Waals surface area contributed by atoms with E-state index in [1.807, 2.05) is 0 Å². The van der Waals surface area contributed by atoms with E-state index in [-0.39, 0.29) is 29.1 Å². The second-order valence-electron chi connectivity index (χ2n) is 6.07. The van der Waals surface area contributed by atoms with Gasteiger partial charge in [0.15, 0.2) is 0 Å². The quantitative estimate of drug-likeness (QED) is 0.572. The molecule has 2 aromatic carbocycles. The number of rotatable bonds is 3. The van der Waals surface area contributed by atoms with Gasteiger partial charge >= 0.3 is 0 Å². The Hall–Kier alpha value is -2.64. The van der Waals surface area contributed by atoms with Gasteiger partial charge < -0.3 is 9.80 Å². The molecule has 2 aromatic rings. The predicted molar refractivity (Wildman–Crippen MR) is 102 cm³/mol. The van der Waals surface area contributed by atoms with E-state index in [0.717, 1.165) is 0 Å². The fourth-order valence-corrected chi connectivity index (χ4v) is 3.25. The molecule has 1 atom stereocenters. The smallest absolute Gasteiger partial charge is 0.269 e. The molecule has 7 nitrogen and oxygen atoms in total. The van der Waals surface area contributed by atoms with Crippen molar-refractivity contribution in [2.24, 2.45) is 0 Å². The van der Waals surface area contributed by atoms with Crippen LogP contribution in [0.1, 0.15) is 17.3 Å². The van der Waals surface area contributed by atoms with Crippen LogP contribution in [-0.2, 0) is 4.79 Å². The lowest BCUT2D eigenvalue weighted by Crippen LogP contribution is -2.57. The van der Waals surface area contributed by atoms with Gasteiger partial charge in [0.2, 0.25) is 5.91 Å². The van der Waals surface area contributed by atoms with Crippen molar-refractivity contribution in [2.75, 3.05) is 18.0 Å². The number of hydrogen-bond donors (Lipinski definition) is 0. The van der Waals surface area contributed by atoms with Crippen molar-refractivity contribution in [3.63, 3.8) is 0 Å². The first-order valence-corrected chi connectivity index (χ1v) is 8.87. The molecular formula is C18H15Cl2N3O4. The third-order valence-electron chi connectivity index (χ3n) is 4.46. The number of piperazine rings is 1. The van der Waals surface area contributed by atoms with Crippen molar-refractivity contribution >= 4 is 46.4 Å². The van der Waals surface area contributed by atoms with Crippen molar-refractivity contribution in [3.8, 4) is 0 Å². The molecule has 1 aliphatic heterocycles. The summed E-state index contributed by atoms with van der Waals surface area (Å²) in [6.45, 7) is 2.26. The van der Waals surface area contributed by atoms with Crippen LogP contribution >= 0.6 is 23.2 Å². The predicted octanol–water partition coefficient (Wildman–Crippen LogP) is 3.78. The van der Waals surface area contributed by atoms with Gasteiger partial charge in [-0.3, -0.25) is 19.7 Å². The van der Waals surface area contributed by atoms with E-state index in [2.05, 4.69) is 0 Å². The highest BCUT2D eigenvalue weighted by Gasteiger charge is 2.35. The Balaban J connectivity index is 1.78. The zero-order chi connectivity index (χ0) is 19.7. The van der Waals surface area contributed by atoms with E-state index in [9.17, 15) is 19.7 Å². The summed E-state index contributed by atoms with van der Waals surface area (Å²) in [5, 5.41) is 11.4. The molecule has 0 saturated carbocycles. The summed E-state index contributed by atoms with van der Waals surface area (Å²) < 4.78 is 0. The van der Waals surface area contributed by atoms with Crippen molar-refractivity contribution in [1.29, 1.82) is 0 Å². The summed E-state index contributed by atoms with van der Waals surface area (Å²) in [5.41, 5.74) is 0.861. The summed E-state index contributed by atoms with van der Waals surface area (Å²) in [6.07, 6.45) is 0. The second-order valence-corrected chi connectivity index (χ2v) is 6.88. The highest BCUT2D eigenvalue weighted by Crippen LogP contribution is 2.26. The second kappa shape index (κ2) is 7.54. The number of benzene rings is 2. The summed E-state index contributed by atoms with van der Waals surface area (Å²) in [5.74, 6) is -0.568. The number of non-ortho nitro benzene ring substituents is 1. The Morgan fingerprint density at radius 3 is 2.37 bits per heavy atom. The highest BCUT2D eigenvalue weighted by molar-refractivity contribution is 6.42. The van der Waals surface area contributed by atoms with Gasteiger partial charge in [-0.25, -0.2) is 0 Å². The molecule has 27 heavy (non-hydrogen) atoms. The minimum atomic E-state index is -0.684. The molecule has 0 aromatic heterocycles. The van der Waals surface area contributed by atoms with Crippen LogP contribution in [0.15, 0.2) is 42.5 Å². The lowest BCUT2D eigenvalue weighted by Gasteiger charge is -2.39. The number of carbonyl (C=O) groups is 2. The molecule has 0 bridgehead atoms. The van der Waals surface area contributed by atoms with E-state index in [4.69, 9.17) is 23.2 Å². The number of halogens is 2. The fourth-order valence-electron chi connectivity index (χ4n) is 2.95. The van der Waals surface area contributed by atoms with Gasteiger partial charge in [-0.05, 0) is 37.3 Å². The maximum absolute atomic E-state index is 12.8. The van der Waals surface area contributed by atoms with E-state index in [0.29, 0.717) is 22.8 Å². The molecule has 1 saturated heterocycles. The number of anilines is 1. The van der Waals surface area contributed by atoms with Gasteiger partial charge in [-0.1, -0.05) is 23.2 Å². The van der Waals surface area contributed by atoms with E-state index in [1.54, 1.807) is 13.0 Å². The molecule has 3 rings (SSSR count). The van der Waals surface area contributed by atoms with Crippen LogP contribution in [0.3, 0.4) is 0 Å². The molecule has 2 amide bonds. The Morgan fingerprint density at radius 2 is 1.78 bits per heavy atom. The molecule has 140 valence electrons. The van der Waals surface area contributed by atoms with Gasteiger partial charge in [-0.2, -0.15) is 0 Å². The molecule has 9 heteroatoms. The van der Waals surface area contributed by atoms with Crippen LogP contribution in [0.4, 0.5) is 11.4 Å². The van der Waals surface area contributed by atoms with Gasteiger partial charge in [0.25, 0.3) is 11.6 Å². The van der Waals surface area contributed by atoms with E-state index in [1.165, 1.54) is 46.2 Å².